The molecular formula is C33H39N3O6. The Kier molecular flexibility index (Phi) is 8.44. The summed E-state index contributed by atoms with van der Waals surface area (Å²) in [5, 5.41) is 25.6. The second-order valence-electron chi connectivity index (χ2n) is 12.4. The van der Waals surface area contributed by atoms with E-state index in [0.717, 1.165) is 30.4 Å². The summed E-state index contributed by atoms with van der Waals surface area (Å²) in [6, 6.07) is 12.9. The summed E-state index contributed by atoms with van der Waals surface area (Å²) in [6.07, 6.45) is 4.58. The van der Waals surface area contributed by atoms with E-state index in [2.05, 4.69) is 22.8 Å². The average Bonchev–Trinajstić information content (AvgIpc) is 3.59. The van der Waals surface area contributed by atoms with Gasteiger partial charge in [0.1, 0.15) is 17.6 Å². The number of benzene rings is 2. The van der Waals surface area contributed by atoms with Crippen molar-refractivity contribution in [1.82, 2.24) is 10.6 Å². The van der Waals surface area contributed by atoms with Crippen molar-refractivity contribution in [2.24, 2.45) is 23.2 Å². The van der Waals surface area contributed by atoms with Crippen LogP contribution in [-0.4, -0.2) is 42.1 Å². The van der Waals surface area contributed by atoms with Crippen LogP contribution in [0.5, 0.6) is 11.5 Å². The molecule has 0 heterocycles. The van der Waals surface area contributed by atoms with Crippen LogP contribution in [0.2, 0.25) is 0 Å². The second kappa shape index (κ2) is 12.0. The van der Waals surface area contributed by atoms with Gasteiger partial charge in [-0.3, -0.25) is 14.4 Å². The molecule has 2 bridgehead atoms. The van der Waals surface area contributed by atoms with Gasteiger partial charge in [0.15, 0.2) is 0 Å². The van der Waals surface area contributed by atoms with Crippen LogP contribution in [0.15, 0.2) is 36.4 Å². The van der Waals surface area contributed by atoms with Crippen molar-refractivity contribution in [2.45, 2.75) is 77.5 Å². The zero-order valence-electron chi connectivity index (χ0n) is 24.4. The number of carboxylic acid groups (broad SMARTS) is 1. The molecule has 0 radical (unpaired) electrons. The predicted octanol–water partition coefficient (Wildman–Crippen LogP) is 4.75. The molecule has 9 heteroatoms. The van der Waals surface area contributed by atoms with Gasteiger partial charge in [0.25, 0.3) is 5.91 Å². The highest BCUT2D eigenvalue weighted by Gasteiger charge is 2.51. The predicted molar refractivity (Wildman–Crippen MR) is 155 cm³/mol. The van der Waals surface area contributed by atoms with Crippen LogP contribution in [0, 0.1) is 41.4 Å². The smallest absolute Gasteiger partial charge is 0.309 e. The summed E-state index contributed by atoms with van der Waals surface area (Å²) in [6.45, 7) is 4.20. The normalized spacial score (nSPS) is 28.0. The molecule has 3 aliphatic rings. The fourth-order valence-corrected chi connectivity index (χ4v) is 7.07. The molecule has 2 amide bonds. The number of methoxy groups -OCH3 is 1. The highest BCUT2D eigenvalue weighted by molar-refractivity contribution is 5.98. The van der Waals surface area contributed by atoms with Crippen LogP contribution in [0.1, 0.15) is 78.9 Å². The van der Waals surface area contributed by atoms with Gasteiger partial charge in [-0.1, -0.05) is 29.8 Å². The number of amides is 2. The van der Waals surface area contributed by atoms with Crippen LogP contribution in [0.3, 0.4) is 0 Å². The summed E-state index contributed by atoms with van der Waals surface area (Å²) in [5.41, 5.74) is 1.86. The van der Waals surface area contributed by atoms with Gasteiger partial charge in [-0.2, -0.15) is 5.26 Å². The Morgan fingerprint density at radius 3 is 2.48 bits per heavy atom. The number of carboxylic acids is 1. The summed E-state index contributed by atoms with van der Waals surface area (Å²) < 4.78 is 11.7. The third kappa shape index (κ3) is 5.94. The molecular weight excluding hydrogens is 534 g/mol. The molecule has 42 heavy (non-hydrogen) atoms. The van der Waals surface area contributed by atoms with Gasteiger partial charge in [-0.15, -0.1) is 0 Å². The van der Waals surface area contributed by atoms with E-state index >= 15 is 0 Å². The third-order valence-electron chi connectivity index (χ3n) is 9.58. The number of hydrogen-bond acceptors (Lipinski definition) is 6. The minimum Gasteiger partial charge on any atom is -0.496 e. The van der Waals surface area contributed by atoms with Gasteiger partial charge >= 0.3 is 5.97 Å². The largest absolute Gasteiger partial charge is 0.496 e. The second-order valence-corrected chi connectivity index (χ2v) is 12.4. The van der Waals surface area contributed by atoms with E-state index in [0.29, 0.717) is 32.2 Å². The van der Waals surface area contributed by atoms with Crippen molar-refractivity contribution < 1.29 is 29.0 Å². The number of rotatable bonds is 9. The maximum Gasteiger partial charge on any atom is 0.309 e. The lowest BCUT2D eigenvalue weighted by atomic mass is 9.75. The Balaban J connectivity index is 1.31. The SMILES string of the molecule is COc1cc(C#N)c(O[C@H]2CC[C@@](C)(C(=O)O)CC2)cc1C(=O)N[C@@H]1[C@H]2CC[C@H](C2)[C@@H]1C(=O)NCc1cccc(C)c1. The van der Waals surface area contributed by atoms with Gasteiger partial charge in [0, 0.05) is 18.7 Å². The topological polar surface area (TPSA) is 138 Å². The van der Waals surface area contributed by atoms with Crippen LogP contribution < -0.4 is 20.1 Å². The minimum absolute atomic E-state index is 0.0459. The van der Waals surface area contributed by atoms with Crippen molar-refractivity contribution in [1.29, 1.82) is 5.26 Å². The molecule has 0 aromatic heterocycles. The Bertz CT molecular complexity index is 1410. The molecule has 2 aromatic carbocycles. The van der Waals surface area contributed by atoms with Crippen LogP contribution in [0.25, 0.3) is 0 Å². The molecule has 0 spiro atoms. The standard InChI is InChI=1S/C33H39N3O6/c1-19-5-4-6-20(13-19)18-35-31(38)28-21-7-8-22(14-21)29(28)36-30(37)25-16-26(23(17-34)15-27(25)41-3)42-24-9-11-33(2,12-10-24)32(39)40/h4-6,13,15-16,21-22,24,28-29H,7-12,14,18H2,1-3H3,(H,35,38)(H,36,37)(H,39,40)/t21-,22+,24-,28+,29-,33+/m1/s1. The van der Waals surface area contributed by atoms with E-state index in [9.17, 15) is 24.8 Å². The quantitative estimate of drug-likeness (QED) is 0.394. The van der Waals surface area contributed by atoms with E-state index in [-0.39, 0.29) is 64.3 Å². The molecule has 0 saturated heterocycles. The van der Waals surface area contributed by atoms with E-state index in [1.165, 1.54) is 19.2 Å². The number of nitrogens with one attached hydrogen (secondary N) is 2. The Labute approximate surface area is 246 Å². The molecule has 4 atom stereocenters. The maximum atomic E-state index is 13.7. The third-order valence-corrected chi connectivity index (χ3v) is 9.58. The number of nitrogens with zero attached hydrogens (tertiary/aromatic N) is 1. The van der Waals surface area contributed by atoms with Crippen molar-refractivity contribution in [2.75, 3.05) is 7.11 Å². The minimum atomic E-state index is -0.815. The van der Waals surface area contributed by atoms with Gasteiger partial charge < -0.3 is 25.2 Å². The monoisotopic (exact) mass is 573 g/mol. The molecule has 222 valence electrons. The number of carbonyl (C=O) groups is 3. The van der Waals surface area contributed by atoms with Crippen molar-refractivity contribution >= 4 is 17.8 Å². The van der Waals surface area contributed by atoms with Gasteiger partial charge in [0.05, 0.1) is 35.7 Å². The van der Waals surface area contributed by atoms with Gasteiger partial charge in [-0.25, -0.2) is 0 Å². The first-order valence-electron chi connectivity index (χ1n) is 14.8. The summed E-state index contributed by atoms with van der Waals surface area (Å²) in [5.74, 6) is -0.585. The first-order valence-corrected chi connectivity index (χ1v) is 14.8. The zero-order valence-corrected chi connectivity index (χ0v) is 24.4. The number of nitriles is 1. The molecule has 3 fully saturated rings. The Hall–Kier alpha value is -4.06. The van der Waals surface area contributed by atoms with Crippen LogP contribution in [-0.2, 0) is 16.1 Å². The van der Waals surface area contributed by atoms with Crippen molar-refractivity contribution in [3.05, 3.63) is 58.7 Å². The fraction of sp³-hybridized carbons (Fsp3) is 0.515. The molecule has 3 N–H and O–H groups in total. The maximum absolute atomic E-state index is 13.7. The molecule has 2 aromatic rings. The van der Waals surface area contributed by atoms with E-state index in [1.54, 1.807) is 6.92 Å². The number of carbonyl (C=O) groups excluding carboxylic acids is 2. The lowest BCUT2D eigenvalue weighted by Gasteiger charge is -2.34. The van der Waals surface area contributed by atoms with Crippen LogP contribution >= 0.6 is 0 Å². The van der Waals surface area contributed by atoms with Crippen molar-refractivity contribution in [3.8, 4) is 17.6 Å². The van der Waals surface area contributed by atoms with E-state index in [4.69, 9.17) is 9.47 Å². The summed E-state index contributed by atoms with van der Waals surface area (Å²) in [4.78, 5) is 38.8. The molecule has 0 aliphatic heterocycles. The van der Waals surface area contributed by atoms with Crippen LogP contribution in [0.4, 0.5) is 0 Å². The molecule has 9 nitrogen and oxygen atoms in total. The Morgan fingerprint density at radius 2 is 1.81 bits per heavy atom. The first kappa shape index (κ1) is 29.4. The number of fused-ring (bicyclic) bond motifs is 2. The highest BCUT2D eigenvalue weighted by atomic mass is 16.5. The lowest BCUT2D eigenvalue weighted by Crippen LogP contribution is -2.49. The lowest BCUT2D eigenvalue weighted by molar-refractivity contribution is -0.150. The van der Waals surface area contributed by atoms with E-state index in [1.807, 2.05) is 25.1 Å². The van der Waals surface area contributed by atoms with Gasteiger partial charge in [0.2, 0.25) is 5.91 Å². The number of aryl methyl sites for hydroxylation is 1. The van der Waals surface area contributed by atoms with Crippen molar-refractivity contribution in [3.63, 3.8) is 0 Å². The zero-order chi connectivity index (χ0) is 30.0. The number of aliphatic carboxylic acids is 1. The first-order chi connectivity index (χ1) is 20.1. The average molecular weight is 574 g/mol. The fourth-order valence-electron chi connectivity index (χ4n) is 7.07. The number of ether oxygens (including phenoxy) is 2. The summed E-state index contributed by atoms with van der Waals surface area (Å²) >= 11 is 0. The number of hydrogen-bond donors (Lipinski definition) is 3. The molecule has 0 unspecified atom stereocenters. The summed E-state index contributed by atoms with van der Waals surface area (Å²) in [7, 11) is 1.45. The van der Waals surface area contributed by atoms with E-state index < -0.39 is 11.4 Å². The molecule has 3 aliphatic carbocycles. The Morgan fingerprint density at radius 1 is 1.07 bits per heavy atom. The van der Waals surface area contributed by atoms with Gasteiger partial charge in [-0.05, 0) is 82.3 Å². The molecule has 3 saturated carbocycles. The molecule has 5 rings (SSSR count). The highest BCUT2D eigenvalue weighted by Crippen LogP contribution is 2.49.